The van der Waals surface area contributed by atoms with Crippen LogP contribution < -0.4 is 25.4 Å². The molecule has 1 atom stereocenters. The van der Waals surface area contributed by atoms with Crippen LogP contribution in [0.2, 0.25) is 0 Å². The molecule has 8 aromatic rings. The van der Waals surface area contributed by atoms with E-state index in [9.17, 15) is 0 Å². The number of hydrogen-bond acceptors (Lipinski definition) is 3. The van der Waals surface area contributed by atoms with Crippen LogP contribution in [0.1, 0.15) is 5.56 Å². The standard InChI is InChI=1S/C41H25O3P/c1-24-14-19-35-38(22-24)45(42)40-28-9-3-2-8-25(28)16-20-36(40)44-39-27(18-21-37(43-35)41(39)45)26-15-17-33-31-12-5-4-10-29(31)30-11-6-7-13-32(30)34(33)23-26/h2-23H,1H3. The average Bonchev–Trinajstić information content (AvgIpc) is 3.08. The van der Waals surface area contributed by atoms with Crippen molar-refractivity contribution in [1.29, 1.82) is 0 Å². The van der Waals surface area contributed by atoms with Crippen LogP contribution in [0.25, 0.3) is 54.2 Å². The monoisotopic (exact) mass is 596 g/mol. The number of hydrogen-bond donors (Lipinski definition) is 0. The van der Waals surface area contributed by atoms with Gasteiger partial charge < -0.3 is 14.0 Å². The molecule has 1 unspecified atom stereocenters. The highest BCUT2D eigenvalue weighted by molar-refractivity contribution is 7.86. The zero-order valence-corrected chi connectivity index (χ0v) is 25.3. The molecule has 10 rings (SSSR count). The van der Waals surface area contributed by atoms with E-state index in [1.807, 2.05) is 55.5 Å². The molecule has 2 aliphatic rings. The quantitative estimate of drug-likeness (QED) is 0.140. The Balaban J connectivity index is 1.30. The predicted molar refractivity (Wildman–Crippen MR) is 186 cm³/mol. The molecule has 3 nitrogen and oxygen atoms in total. The maximum absolute atomic E-state index is 16.1. The van der Waals surface area contributed by atoms with Crippen molar-refractivity contribution in [3.05, 3.63) is 139 Å². The highest BCUT2D eigenvalue weighted by Crippen LogP contribution is 2.61. The van der Waals surface area contributed by atoms with Crippen molar-refractivity contribution in [3.63, 3.8) is 0 Å². The zero-order valence-electron chi connectivity index (χ0n) is 24.4. The number of fused-ring (bicyclic) bond motifs is 12. The lowest BCUT2D eigenvalue weighted by Crippen LogP contribution is -2.35. The fraction of sp³-hybridized carbons (Fsp3) is 0.0244. The third-order valence-corrected chi connectivity index (χ3v) is 12.7. The van der Waals surface area contributed by atoms with Crippen LogP contribution in [0, 0.1) is 6.92 Å². The van der Waals surface area contributed by atoms with Gasteiger partial charge in [0.25, 0.3) is 0 Å². The van der Waals surface area contributed by atoms with Gasteiger partial charge in [0.05, 0.1) is 10.6 Å². The second-order valence-electron chi connectivity index (χ2n) is 12.1. The molecule has 8 aromatic carbocycles. The Labute approximate surface area is 259 Å². The van der Waals surface area contributed by atoms with Gasteiger partial charge >= 0.3 is 0 Å². The molecule has 0 aromatic heterocycles. The lowest BCUT2D eigenvalue weighted by atomic mass is 9.92. The van der Waals surface area contributed by atoms with E-state index in [1.165, 1.54) is 32.3 Å². The number of benzene rings is 8. The minimum absolute atomic E-state index is 0.587. The highest BCUT2D eigenvalue weighted by Gasteiger charge is 2.48. The predicted octanol–water partition coefficient (Wildman–Crippen LogP) is 10.1. The molecule has 0 amide bonds. The molecule has 0 saturated carbocycles. The summed E-state index contributed by atoms with van der Waals surface area (Å²) in [6.45, 7) is 2.03. The average molecular weight is 597 g/mol. The molecule has 0 radical (unpaired) electrons. The van der Waals surface area contributed by atoms with Crippen LogP contribution in [-0.2, 0) is 4.57 Å². The maximum Gasteiger partial charge on any atom is 0.186 e. The summed E-state index contributed by atoms with van der Waals surface area (Å²) >= 11 is 0. The Bertz CT molecular complexity index is 2620. The molecule has 4 heteroatoms. The fourth-order valence-corrected chi connectivity index (χ4v) is 10.9. The van der Waals surface area contributed by atoms with Gasteiger partial charge in [-0.2, -0.15) is 0 Å². The van der Waals surface area contributed by atoms with Gasteiger partial charge in [-0.25, -0.2) is 0 Å². The first-order valence-electron chi connectivity index (χ1n) is 15.2. The molecule has 0 aliphatic carbocycles. The van der Waals surface area contributed by atoms with Crippen molar-refractivity contribution in [2.24, 2.45) is 0 Å². The van der Waals surface area contributed by atoms with Gasteiger partial charge in [-0.3, -0.25) is 0 Å². The second kappa shape index (κ2) is 8.85. The minimum atomic E-state index is -3.40. The van der Waals surface area contributed by atoms with E-state index in [4.69, 9.17) is 9.47 Å². The lowest BCUT2D eigenvalue weighted by Gasteiger charge is -2.36. The van der Waals surface area contributed by atoms with Crippen molar-refractivity contribution in [2.75, 3.05) is 0 Å². The summed E-state index contributed by atoms with van der Waals surface area (Å²) in [4.78, 5) is 0. The normalized spacial score (nSPS) is 16.2. The molecule has 45 heavy (non-hydrogen) atoms. The van der Waals surface area contributed by atoms with E-state index >= 15 is 4.57 Å². The zero-order chi connectivity index (χ0) is 29.9. The van der Waals surface area contributed by atoms with Crippen LogP contribution in [0.15, 0.2) is 133 Å². The first-order chi connectivity index (χ1) is 22.1. The molecule has 2 aliphatic heterocycles. The molecule has 0 N–H and O–H groups in total. The third kappa shape index (κ3) is 3.28. The molecule has 0 bridgehead atoms. The summed E-state index contributed by atoms with van der Waals surface area (Å²) < 4.78 is 29.4. The number of rotatable bonds is 1. The minimum Gasteiger partial charge on any atom is -0.456 e. The van der Waals surface area contributed by atoms with Crippen molar-refractivity contribution in [2.45, 2.75) is 6.92 Å². The molecule has 0 saturated heterocycles. The topological polar surface area (TPSA) is 35.5 Å². The van der Waals surface area contributed by atoms with Gasteiger partial charge in [0, 0.05) is 5.56 Å². The van der Waals surface area contributed by atoms with Gasteiger partial charge in [0.15, 0.2) is 7.14 Å². The number of aryl methyl sites for hydroxylation is 1. The summed E-state index contributed by atoms with van der Waals surface area (Å²) in [5, 5.41) is 11.4. The Morgan fingerprint density at radius 1 is 0.489 bits per heavy atom. The summed E-state index contributed by atoms with van der Waals surface area (Å²) in [5.41, 5.74) is 2.94. The van der Waals surface area contributed by atoms with Crippen molar-refractivity contribution in [3.8, 4) is 34.1 Å². The van der Waals surface area contributed by atoms with E-state index in [0.717, 1.165) is 38.1 Å². The number of ether oxygens (including phenoxy) is 2. The van der Waals surface area contributed by atoms with Crippen molar-refractivity contribution in [1.82, 2.24) is 0 Å². The Morgan fingerprint density at radius 3 is 1.84 bits per heavy atom. The van der Waals surface area contributed by atoms with Crippen LogP contribution in [0.4, 0.5) is 0 Å². The van der Waals surface area contributed by atoms with E-state index < -0.39 is 7.14 Å². The van der Waals surface area contributed by atoms with Gasteiger partial charge in [-0.1, -0.05) is 103 Å². The van der Waals surface area contributed by atoms with Gasteiger partial charge in [-0.15, -0.1) is 0 Å². The van der Waals surface area contributed by atoms with Crippen LogP contribution in [0.3, 0.4) is 0 Å². The third-order valence-electron chi connectivity index (χ3n) is 9.53. The summed E-state index contributed by atoms with van der Waals surface area (Å²) in [6, 6.07) is 46.0. The maximum atomic E-state index is 16.1. The molecule has 212 valence electrons. The Morgan fingerprint density at radius 2 is 1.09 bits per heavy atom. The molecular formula is C41H25O3P. The fourth-order valence-electron chi connectivity index (χ4n) is 7.52. The van der Waals surface area contributed by atoms with E-state index in [2.05, 4.69) is 84.9 Å². The first-order valence-corrected chi connectivity index (χ1v) is 16.9. The summed E-state index contributed by atoms with van der Waals surface area (Å²) in [5.74, 6) is 2.47. The van der Waals surface area contributed by atoms with Gasteiger partial charge in [0.2, 0.25) is 0 Å². The van der Waals surface area contributed by atoms with Gasteiger partial charge in [0.1, 0.15) is 28.3 Å². The van der Waals surface area contributed by atoms with E-state index in [-0.39, 0.29) is 0 Å². The second-order valence-corrected chi connectivity index (χ2v) is 14.7. The van der Waals surface area contributed by atoms with E-state index in [0.29, 0.717) is 28.3 Å². The Hall–Kier alpha value is -5.37. The van der Waals surface area contributed by atoms with Crippen molar-refractivity contribution < 1.29 is 14.0 Å². The van der Waals surface area contributed by atoms with E-state index in [1.54, 1.807) is 0 Å². The summed E-state index contributed by atoms with van der Waals surface area (Å²) in [6.07, 6.45) is 0. The smallest absolute Gasteiger partial charge is 0.186 e. The molecule has 0 fully saturated rings. The highest BCUT2D eigenvalue weighted by atomic mass is 31.2. The molecule has 2 heterocycles. The van der Waals surface area contributed by atoms with Crippen LogP contribution in [0.5, 0.6) is 23.0 Å². The first kappa shape index (κ1) is 25.0. The van der Waals surface area contributed by atoms with Crippen LogP contribution >= 0.6 is 7.14 Å². The molecular weight excluding hydrogens is 571 g/mol. The molecule has 0 spiro atoms. The van der Waals surface area contributed by atoms with Gasteiger partial charge in [-0.05, 0) is 92.0 Å². The largest absolute Gasteiger partial charge is 0.456 e. The lowest BCUT2D eigenvalue weighted by molar-refractivity contribution is 0.463. The van der Waals surface area contributed by atoms with Crippen molar-refractivity contribution >= 4 is 66.1 Å². The summed E-state index contributed by atoms with van der Waals surface area (Å²) in [7, 11) is -3.40. The Kier molecular flexibility index (Phi) is 4.92. The SMILES string of the molecule is Cc1ccc2c(c1)P1(=O)c3c(ccc(-c4ccc5c6ccccc6c6ccccc6c5c4)c3Oc3ccc4ccccc4c31)O2. The van der Waals surface area contributed by atoms with Crippen LogP contribution in [-0.4, -0.2) is 0 Å².